The van der Waals surface area contributed by atoms with Crippen LogP contribution in [0.25, 0.3) is 0 Å². The van der Waals surface area contributed by atoms with E-state index in [1.807, 2.05) is 7.05 Å². The van der Waals surface area contributed by atoms with Gasteiger partial charge in [-0.05, 0) is 56.1 Å². The van der Waals surface area contributed by atoms with Crippen molar-refractivity contribution in [1.82, 2.24) is 4.90 Å². The molecule has 1 unspecified atom stereocenters. The summed E-state index contributed by atoms with van der Waals surface area (Å²) in [6, 6.07) is 11.6. The number of thiophene rings is 1. The van der Waals surface area contributed by atoms with E-state index in [-0.39, 0.29) is 5.78 Å². The minimum Gasteiger partial charge on any atom is -0.296 e. The van der Waals surface area contributed by atoms with Crippen LogP contribution in [0.4, 0.5) is 0 Å². The van der Waals surface area contributed by atoms with Crippen molar-refractivity contribution in [3.05, 3.63) is 57.2 Å². The van der Waals surface area contributed by atoms with E-state index in [9.17, 15) is 4.79 Å². The van der Waals surface area contributed by atoms with Gasteiger partial charge in [-0.25, -0.2) is 0 Å². The highest BCUT2D eigenvalue weighted by atomic mass is 35.5. The normalized spacial score (nSPS) is 12.6. The maximum absolute atomic E-state index is 12.2. The minimum absolute atomic E-state index is 0.127. The van der Waals surface area contributed by atoms with Crippen LogP contribution in [0.5, 0.6) is 0 Å². The van der Waals surface area contributed by atoms with Gasteiger partial charge in [-0.3, -0.25) is 9.69 Å². The molecule has 106 valence electrons. The summed E-state index contributed by atoms with van der Waals surface area (Å²) in [5.74, 6) is 0.127. The SMILES string of the molecule is CC(Cc1cccs1)N(C)CC(=O)c1ccc(Cl)cc1. The molecule has 2 rings (SSSR count). The first-order chi connectivity index (χ1) is 9.56. The number of benzene rings is 1. The summed E-state index contributed by atoms with van der Waals surface area (Å²) in [6.07, 6.45) is 0.974. The Bertz CT molecular complexity index is 550. The van der Waals surface area contributed by atoms with Gasteiger partial charge in [-0.2, -0.15) is 0 Å². The summed E-state index contributed by atoms with van der Waals surface area (Å²) in [5.41, 5.74) is 0.713. The molecule has 0 N–H and O–H groups in total. The number of likely N-dealkylation sites (N-methyl/N-ethyl adjacent to an activating group) is 1. The van der Waals surface area contributed by atoms with Gasteiger partial charge in [0.05, 0.1) is 6.54 Å². The number of rotatable bonds is 6. The molecular formula is C16H18ClNOS. The molecule has 4 heteroatoms. The van der Waals surface area contributed by atoms with Gasteiger partial charge in [0.1, 0.15) is 0 Å². The Morgan fingerprint density at radius 2 is 2.00 bits per heavy atom. The van der Waals surface area contributed by atoms with E-state index in [4.69, 9.17) is 11.6 Å². The second-order valence-electron chi connectivity index (χ2n) is 4.98. The lowest BCUT2D eigenvalue weighted by Gasteiger charge is -2.23. The van der Waals surface area contributed by atoms with Gasteiger partial charge in [0.2, 0.25) is 0 Å². The molecule has 0 saturated carbocycles. The van der Waals surface area contributed by atoms with Gasteiger partial charge in [0, 0.05) is 21.5 Å². The molecule has 0 saturated heterocycles. The first-order valence-corrected chi connectivity index (χ1v) is 7.83. The van der Waals surface area contributed by atoms with Crippen LogP contribution in [-0.4, -0.2) is 30.3 Å². The molecule has 1 aromatic heterocycles. The van der Waals surface area contributed by atoms with Gasteiger partial charge in [-0.15, -0.1) is 11.3 Å². The molecule has 2 nitrogen and oxygen atoms in total. The molecule has 20 heavy (non-hydrogen) atoms. The third-order valence-electron chi connectivity index (χ3n) is 3.39. The number of hydrogen-bond donors (Lipinski definition) is 0. The van der Waals surface area contributed by atoms with E-state index in [0.717, 1.165) is 6.42 Å². The highest BCUT2D eigenvalue weighted by molar-refractivity contribution is 7.09. The lowest BCUT2D eigenvalue weighted by atomic mass is 10.1. The zero-order chi connectivity index (χ0) is 14.5. The molecule has 0 radical (unpaired) electrons. The molecule has 1 atom stereocenters. The summed E-state index contributed by atoms with van der Waals surface area (Å²) in [7, 11) is 1.99. The monoisotopic (exact) mass is 307 g/mol. The Kier molecular flexibility index (Phi) is 5.35. The number of nitrogens with zero attached hydrogens (tertiary/aromatic N) is 1. The van der Waals surface area contributed by atoms with Crippen LogP contribution in [0.2, 0.25) is 5.02 Å². The van der Waals surface area contributed by atoms with Crippen molar-refractivity contribution >= 4 is 28.7 Å². The van der Waals surface area contributed by atoms with Crippen molar-refractivity contribution in [2.24, 2.45) is 0 Å². The van der Waals surface area contributed by atoms with Crippen LogP contribution in [0, 0.1) is 0 Å². The number of hydrogen-bond acceptors (Lipinski definition) is 3. The highest BCUT2D eigenvalue weighted by Crippen LogP contribution is 2.14. The first kappa shape index (κ1) is 15.2. The van der Waals surface area contributed by atoms with Gasteiger partial charge in [-0.1, -0.05) is 17.7 Å². The standard InChI is InChI=1S/C16H18ClNOS/c1-12(10-15-4-3-9-20-15)18(2)11-16(19)13-5-7-14(17)8-6-13/h3-9,12H,10-11H2,1-2H3. The number of halogens is 1. The second-order valence-corrected chi connectivity index (χ2v) is 6.45. The van der Waals surface area contributed by atoms with E-state index >= 15 is 0 Å². The second kappa shape index (κ2) is 7.02. The third-order valence-corrected chi connectivity index (χ3v) is 4.54. The maximum atomic E-state index is 12.2. The molecule has 0 aliphatic rings. The highest BCUT2D eigenvalue weighted by Gasteiger charge is 2.15. The number of Topliss-reactive ketones (excluding diaryl/α,β-unsaturated/α-hetero) is 1. The molecule has 2 aromatic rings. The number of ketones is 1. The van der Waals surface area contributed by atoms with Gasteiger partial charge in [0.25, 0.3) is 0 Å². The van der Waals surface area contributed by atoms with E-state index in [1.165, 1.54) is 4.88 Å². The van der Waals surface area contributed by atoms with Crippen LogP contribution in [-0.2, 0) is 6.42 Å². The summed E-state index contributed by atoms with van der Waals surface area (Å²) in [5, 5.41) is 2.74. The Labute approximate surface area is 129 Å². The molecule has 0 aliphatic heterocycles. The Morgan fingerprint density at radius 1 is 1.30 bits per heavy atom. The Hall–Kier alpha value is -1.16. The molecule has 0 fully saturated rings. The smallest absolute Gasteiger partial charge is 0.176 e. The zero-order valence-electron chi connectivity index (χ0n) is 11.7. The van der Waals surface area contributed by atoms with Crippen molar-refractivity contribution in [2.75, 3.05) is 13.6 Å². The van der Waals surface area contributed by atoms with Crippen LogP contribution in [0.3, 0.4) is 0 Å². The number of carbonyl (C=O) groups excluding carboxylic acids is 1. The Morgan fingerprint density at radius 3 is 2.60 bits per heavy atom. The predicted octanol–water partition coefficient (Wildman–Crippen LogP) is 4.15. The molecule has 0 bridgehead atoms. The van der Waals surface area contributed by atoms with Crippen LogP contribution in [0.15, 0.2) is 41.8 Å². The van der Waals surface area contributed by atoms with Crippen molar-refractivity contribution in [3.8, 4) is 0 Å². The molecule has 1 heterocycles. The van der Waals surface area contributed by atoms with E-state index in [1.54, 1.807) is 35.6 Å². The average molecular weight is 308 g/mol. The minimum atomic E-state index is 0.127. The number of carbonyl (C=O) groups is 1. The van der Waals surface area contributed by atoms with Crippen LogP contribution >= 0.6 is 22.9 Å². The summed E-state index contributed by atoms with van der Waals surface area (Å²) in [6.45, 7) is 2.57. The van der Waals surface area contributed by atoms with Gasteiger partial charge >= 0.3 is 0 Å². The average Bonchev–Trinajstić information content (AvgIpc) is 2.92. The lowest BCUT2D eigenvalue weighted by Crippen LogP contribution is -2.35. The van der Waals surface area contributed by atoms with Gasteiger partial charge in [0.15, 0.2) is 5.78 Å². The maximum Gasteiger partial charge on any atom is 0.176 e. The fourth-order valence-corrected chi connectivity index (χ4v) is 2.94. The largest absolute Gasteiger partial charge is 0.296 e. The summed E-state index contributed by atoms with van der Waals surface area (Å²) >= 11 is 7.59. The van der Waals surface area contributed by atoms with E-state index in [2.05, 4.69) is 29.3 Å². The quantitative estimate of drug-likeness (QED) is 0.747. The lowest BCUT2D eigenvalue weighted by molar-refractivity contribution is 0.0925. The van der Waals surface area contributed by atoms with E-state index in [0.29, 0.717) is 23.2 Å². The molecule has 0 amide bonds. The van der Waals surface area contributed by atoms with Crippen LogP contribution in [0.1, 0.15) is 22.2 Å². The van der Waals surface area contributed by atoms with Crippen molar-refractivity contribution < 1.29 is 4.79 Å². The topological polar surface area (TPSA) is 20.3 Å². The fourth-order valence-electron chi connectivity index (χ4n) is 1.99. The van der Waals surface area contributed by atoms with Crippen molar-refractivity contribution in [3.63, 3.8) is 0 Å². The molecule has 0 spiro atoms. The van der Waals surface area contributed by atoms with Crippen LogP contribution < -0.4 is 0 Å². The Balaban J connectivity index is 1.91. The first-order valence-electron chi connectivity index (χ1n) is 6.57. The van der Waals surface area contributed by atoms with Crippen molar-refractivity contribution in [1.29, 1.82) is 0 Å². The summed E-state index contributed by atoms with van der Waals surface area (Å²) in [4.78, 5) is 15.6. The molecule has 1 aromatic carbocycles. The van der Waals surface area contributed by atoms with Gasteiger partial charge < -0.3 is 0 Å². The molecular weight excluding hydrogens is 290 g/mol. The van der Waals surface area contributed by atoms with E-state index < -0.39 is 0 Å². The zero-order valence-corrected chi connectivity index (χ0v) is 13.2. The summed E-state index contributed by atoms with van der Waals surface area (Å²) < 4.78 is 0. The predicted molar refractivity (Wildman–Crippen MR) is 85.9 cm³/mol. The van der Waals surface area contributed by atoms with Crippen molar-refractivity contribution in [2.45, 2.75) is 19.4 Å². The molecule has 0 aliphatic carbocycles. The fraction of sp³-hybridized carbons (Fsp3) is 0.312. The third kappa shape index (κ3) is 4.17.